The smallest absolute Gasteiger partial charge is 0.165 e. The van der Waals surface area contributed by atoms with Crippen molar-refractivity contribution in [2.45, 2.75) is 0 Å². The zero-order valence-corrected chi connectivity index (χ0v) is 11.9. The highest BCUT2D eigenvalue weighted by molar-refractivity contribution is 6.31. The maximum Gasteiger partial charge on any atom is 0.165 e. The van der Waals surface area contributed by atoms with Crippen LogP contribution in [0.25, 0.3) is 22.3 Å². The molecule has 0 aliphatic heterocycles. The molecule has 0 aliphatic rings. The first-order valence-electron chi connectivity index (χ1n) is 6.16. The van der Waals surface area contributed by atoms with Crippen molar-refractivity contribution in [1.29, 1.82) is 0 Å². The molecule has 106 valence electrons. The lowest BCUT2D eigenvalue weighted by molar-refractivity contribution is 0.415. The van der Waals surface area contributed by atoms with Gasteiger partial charge in [0.05, 0.1) is 23.2 Å². The molecular formula is C15H11ClFN3O. The number of rotatable bonds is 2. The number of hydrogen-bond acceptors (Lipinski definition) is 4. The van der Waals surface area contributed by atoms with Crippen LogP contribution in [-0.2, 0) is 0 Å². The number of halogens is 2. The van der Waals surface area contributed by atoms with Crippen molar-refractivity contribution in [3.05, 3.63) is 47.2 Å². The molecular weight excluding hydrogens is 293 g/mol. The van der Waals surface area contributed by atoms with Crippen LogP contribution in [0.1, 0.15) is 0 Å². The van der Waals surface area contributed by atoms with E-state index >= 15 is 0 Å². The predicted octanol–water partition coefficient (Wildman–Crippen LogP) is 3.68. The van der Waals surface area contributed by atoms with Gasteiger partial charge in [-0.05, 0) is 24.3 Å². The third kappa shape index (κ3) is 2.36. The molecule has 0 bridgehead atoms. The molecule has 0 unspecified atom stereocenters. The van der Waals surface area contributed by atoms with Crippen LogP contribution in [0, 0.1) is 5.82 Å². The molecule has 0 amide bonds. The van der Waals surface area contributed by atoms with Crippen LogP contribution in [0.3, 0.4) is 0 Å². The Balaban J connectivity index is 2.26. The van der Waals surface area contributed by atoms with Gasteiger partial charge in [-0.3, -0.25) is 0 Å². The second-order valence-electron chi connectivity index (χ2n) is 4.42. The third-order valence-electron chi connectivity index (χ3n) is 3.13. The quantitative estimate of drug-likeness (QED) is 0.784. The Morgan fingerprint density at radius 3 is 2.76 bits per heavy atom. The van der Waals surface area contributed by atoms with E-state index in [0.29, 0.717) is 16.7 Å². The Labute approximate surface area is 125 Å². The van der Waals surface area contributed by atoms with Crippen molar-refractivity contribution >= 4 is 28.3 Å². The molecule has 6 heteroatoms. The lowest BCUT2D eigenvalue weighted by atomic mass is 10.1. The number of fused-ring (bicyclic) bond motifs is 1. The zero-order chi connectivity index (χ0) is 15.0. The molecule has 2 aromatic carbocycles. The van der Waals surface area contributed by atoms with Crippen LogP contribution in [0.4, 0.5) is 10.2 Å². The second kappa shape index (κ2) is 5.18. The van der Waals surface area contributed by atoms with Crippen molar-refractivity contribution in [3.8, 4) is 17.1 Å². The van der Waals surface area contributed by atoms with Crippen LogP contribution in [0.15, 0.2) is 36.4 Å². The molecule has 0 radical (unpaired) electrons. The normalized spacial score (nSPS) is 10.8. The second-order valence-corrected chi connectivity index (χ2v) is 4.82. The number of nitrogens with two attached hydrogens (primary N) is 1. The van der Waals surface area contributed by atoms with Gasteiger partial charge >= 0.3 is 0 Å². The molecule has 0 fully saturated rings. The molecule has 0 atom stereocenters. The summed E-state index contributed by atoms with van der Waals surface area (Å²) in [4.78, 5) is 8.50. The zero-order valence-electron chi connectivity index (χ0n) is 11.1. The van der Waals surface area contributed by atoms with Gasteiger partial charge in [-0.1, -0.05) is 17.7 Å². The molecule has 3 aromatic rings. The van der Waals surface area contributed by atoms with Gasteiger partial charge in [-0.2, -0.15) is 0 Å². The highest BCUT2D eigenvalue weighted by Gasteiger charge is 2.13. The van der Waals surface area contributed by atoms with E-state index in [2.05, 4.69) is 9.97 Å². The standard InChI is InChI=1S/C15H11ClFN3O/c1-21-8-5-6-9-12(7-8)19-15(20-14(9)18)10-3-2-4-11(16)13(10)17/h2-7H,1H3,(H2,18,19,20). The molecule has 0 saturated carbocycles. The van der Waals surface area contributed by atoms with Crippen LogP contribution < -0.4 is 10.5 Å². The van der Waals surface area contributed by atoms with Crippen LogP contribution in [-0.4, -0.2) is 17.1 Å². The first kappa shape index (κ1) is 13.6. The summed E-state index contributed by atoms with van der Waals surface area (Å²) >= 11 is 5.79. The number of ether oxygens (including phenoxy) is 1. The molecule has 0 aliphatic carbocycles. The first-order chi connectivity index (χ1) is 10.1. The van der Waals surface area contributed by atoms with Crippen molar-refractivity contribution in [2.75, 3.05) is 12.8 Å². The number of aromatic nitrogens is 2. The topological polar surface area (TPSA) is 61.0 Å². The SMILES string of the molecule is COc1ccc2c(N)nc(-c3cccc(Cl)c3F)nc2c1. The molecule has 0 spiro atoms. The molecule has 2 N–H and O–H groups in total. The summed E-state index contributed by atoms with van der Waals surface area (Å²) in [6, 6.07) is 9.91. The van der Waals surface area contributed by atoms with Crippen molar-refractivity contribution < 1.29 is 9.13 Å². The highest BCUT2D eigenvalue weighted by Crippen LogP contribution is 2.29. The van der Waals surface area contributed by atoms with E-state index in [9.17, 15) is 4.39 Å². The highest BCUT2D eigenvalue weighted by atomic mass is 35.5. The first-order valence-corrected chi connectivity index (χ1v) is 6.53. The molecule has 1 aromatic heterocycles. The molecule has 1 heterocycles. The van der Waals surface area contributed by atoms with Gasteiger partial charge < -0.3 is 10.5 Å². The van der Waals surface area contributed by atoms with E-state index in [0.717, 1.165) is 0 Å². The van der Waals surface area contributed by atoms with Gasteiger partial charge in [0.1, 0.15) is 11.6 Å². The number of nitrogen functional groups attached to an aromatic ring is 1. The summed E-state index contributed by atoms with van der Waals surface area (Å²) in [5.74, 6) is 0.532. The summed E-state index contributed by atoms with van der Waals surface area (Å²) in [6.07, 6.45) is 0. The van der Waals surface area contributed by atoms with Gasteiger partial charge in [-0.25, -0.2) is 14.4 Å². The van der Waals surface area contributed by atoms with Gasteiger partial charge in [0.15, 0.2) is 11.6 Å². The van der Waals surface area contributed by atoms with Gasteiger partial charge in [0.25, 0.3) is 0 Å². The van der Waals surface area contributed by atoms with Gasteiger partial charge in [0, 0.05) is 11.5 Å². The minimum atomic E-state index is -0.569. The molecule has 4 nitrogen and oxygen atoms in total. The van der Waals surface area contributed by atoms with Gasteiger partial charge in [-0.15, -0.1) is 0 Å². The fourth-order valence-corrected chi connectivity index (χ4v) is 2.23. The lowest BCUT2D eigenvalue weighted by Crippen LogP contribution is -1.99. The van der Waals surface area contributed by atoms with Crippen molar-refractivity contribution in [1.82, 2.24) is 9.97 Å². The van der Waals surface area contributed by atoms with E-state index in [4.69, 9.17) is 22.1 Å². The Kier molecular flexibility index (Phi) is 3.35. The van der Waals surface area contributed by atoms with E-state index in [1.54, 1.807) is 37.4 Å². The lowest BCUT2D eigenvalue weighted by Gasteiger charge is -2.08. The van der Waals surface area contributed by atoms with E-state index in [-0.39, 0.29) is 22.2 Å². The summed E-state index contributed by atoms with van der Waals surface area (Å²) in [6.45, 7) is 0. The minimum Gasteiger partial charge on any atom is -0.497 e. The van der Waals surface area contributed by atoms with E-state index in [1.165, 1.54) is 6.07 Å². The van der Waals surface area contributed by atoms with E-state index < -0.39 is 5.82 Å². The predicted molar refractivity (Wildman–Crippen MR) is 80.9 cm³/mol. The third-order valence-corrected chi connectivity index (χ3v) is 3.42. The summed E-state index contributed by atoms with van der Waals surface area (Å²) < 4.78 is 19.2. The molecule has 21 heavy (non-hydrogen) atoms. The van der Waals surface area contributed by atoms with E-state index in [1.807, 2.05) is 0 Å². The summed E-state index contributed by atoms with van der Waals surface area (Å²) in [7, 11) is 1.56. The Bertz CT molecular complexity index is 839. The van der Waals surface area contributed by atoms with Gasteiger partial charge in [0.2, 0.25) is 0 Å². The number of nitrogens with zero attached hydrogens (tertiary/aromatic N) is 2. The maximum absolute atomic E-state index is 14.1. The average molecular weight is 304 g/mol. The Morgan fingerprint density at radius 2 is 2.00 bits per heavy atom. The van der Waals surface area contributed by atoms with Crippen molar-refractivity contribution in [3.63, 3.8) is 0 Å². The Hall–Kier alpha value is -2.40. The molecule has 0 saturated heterocycles. The number of benzene rings is 2. The maximum atomic E-state index is 14.1. The largest absolute Gasteiger partial charge is 0.497 e. The van der Waals surface area contributed by atoms with Crippen LogP contribution >= 0.6 is 11.6 Å². The number of hydrogen-bond donors (Lipinski definition) is 1. The molecule has 3 rings (SSSR count). The Morgan fingerprint density at radius 1 is 1.19 bits per heavy atom. The minimum absolute atomic E-state index is 0.0143. The fourth-order valence-electron chi connectivity index (χ4n) is 2.06. The number of methoxy groups -OCH3 is 1. The average Bonchev–Trinajstić information content (AvgIpc) is 2.49. The van der Waals surface area contributed by atoms with Crippen molar-refractivity contribution in [2.24, 2.45) is 0 Å². The van der Waals surface area contributed by atoms with Crippen LogP contribution in [0.2, 0.25) is 5.02 Å². The van der Waals surface area contributed by atoms with Crippen LogP contribution in [0.5, 0.6) is 5.75 Å². The number of anilines is 1. The fraction of sp³-hybridized carbons (Fsp3) is 0.0667. The summed E-state index contributed by atoms with van der Waals surface area (Å²) in [5.41, 5.74) is 6.71. The summed E-state index contributed by atoms with van der Waals surface area (Å²) in [5, 5.41) is 0.697. The monoisotopic (exact) mass is 303 g/mol.